The fourth-order valence-corrected chi connectivity index (χ4v) is 3.28. The first kappa shape index (κ1) is 16.2. The van der Waals surface area contributed by atoms with Crippen LogP contribution in [0.3, 0.4) is 0 Å². The van der Waals surface area contributed by atoms with Gasteiger partial charge < -0.3 is 10.8 Å². The highest BCUT2D eigenvalue weighted by Crippen LogP contribution is 2.26. The van der Waals surface area contributed by atoms with Crippen molar-refractivity contribution in [2.45, 2.75) is 37.7 Å². The van der Waals surface area contributed by atoms with E-state index in [9.17, 15) is 13.5 Å². The Hall–Kier alpha value is -0.820. The highest BCUT2D eigenvalue weighted by atomic mass is 35.5. The Bertz CT molecular complexity index is 546. The molecule has 0 heterocycles. The van der Waals surface area contributed by atoms with E-state index < -0.39 is 16.1 Å². The van der Waals surface area contributed by atoms with Gasteiger partial charge in [-0.2, -0.15) is 0 Å². The number of rotatable bonds is 6. The van der Waals surface area contributed by atoms with Gasteiger partial charge in [0.2, 0.25) is 10.0 Å². The van der Waals surface area contributed by atoms with Gasteiger partial charge in [0.05, 0.1) is 11.1 Å². The fourth-order valence-electron chi connectivity index (χ4n) is 1.59. The molecule has 1 unspecified atom stereocenters. The number of nitrogens with one attached hydrogen (secondary N) is 1. The van der Waals surface area contributed by atoms with Crippen molar-refractivity contribution in [1.29, 1.82) is 0 Å². The highest BCUT2D eigenvalue weighted by Gasteiger charge is 2.20. The van der Waals surface area contributed by atoms with Gasteiger partial charge in [0.1, 0.15) is 4.90 Å². The normalized spacial score (nSPS) is 13.5. The number of aryl methyl sites for hydroxylation is 1. The molecule has 1 aromatic rings. The lowest BCUT2D eigenvalue weighted by Gasteiger charge is -2.13. The van der Waals surface area contributed by atoms with E-state index in [4.69, 9.17) is 17.3 Å². The summed E-state index contributed by atoms with van der Waals surface area (Å²) in [5.41, 5.74) is 6.77. The van der Waals surface area contributed by atoms with Gasteiger partial charge in [-0.15, -0.1) is 0 Å². The molecular weight excluding hydrogens is 288 g/mol. The molecule has 108 valence electrons. The Morgan fingerprint density at radius 1 is 1.47 bits per heavy atom. The second-order valence-corrected chi connectivity index (χ2v) is 6.58. The molecular formula is C12H19ClN2O3S. The molecule has 7 heteroatoms. The maximum absolute atomic E-state index is 12.1. The molecule has 1 rings (SSSR count). The maximum atomic E-state index is 12.1. The number of aliphatic hydroxyl groups excluding tert-OH is 1. The van der Waals surface area contributed by atoms with Crippen molar-refractivity contribution >= 4 is 27.3 Å². The summed E-state index contributed by atoms with van der Waals surface area (Å²) in [7, 11) is -3.77. The van der Waals surface area contributed by atoms with Crippen LogP contribution in [0.4, 0.5) is 5.69 Å². The standard InChI is InChI=1S/C12H19ClN2O3S/c1-3-4-9(16)7-15-19(17,18)12-6-11(14)8(2)5-10(12)13/h5-6,9,15-16H,3-4,7,14H2,1-2H3. The van der Waals surface area contributed by atoms with Gasteiger partial charge >= 0.3 is 0 Å². The Balaban J connectivity index is 2.92. The third-order valence-corrected chi connectivity index (χ3v) is 4.63. The van der Waals surface area contributed by atoms with Crippen LogP contribution < -0.4 is 10.5 Å². The van der Waals surface area contributed by atoms with Crippen LogP contribution in [-0.4, -0.2) is 26.2 Å². The van der Waals surface area contributed by atoms with E-state index in [1.807, 2.05) is 6.92 Å². The number of hydrogen-bond acceptors (Lipinski definition) is 4. The number of anilines is 1. The van der Waals surface area contributed by atoms with Crippen LogP contribution in [0.1, 0.15) is 25.3 Å². The zero-order chi connectivity index (χ0) is 14.6. The average Bonchev–Trinajstić information content (AvgIpc) is 2.31. The van der Waals surface area contributed by atoms with Crippen LogP contribution in [0.2, 0.25) is 5.02 Å². The fraction of sp³-hybridized carbons (Fsp3) is 0.500. The van der Waals surface area contributed by atoms with Crippen molar-refractivity contribution < 1.29 is 13.5 Å². The molecule has 4 N–H and O–H groups in total. The molecule has 0 spiro atoms. The summed E-state index contributed by atoms with van der Waals surface area (Å²) in [6.45, 7) is 3.62. The highest BCUT2D eigenvalue weighted by molar-refractivity contribution is 7.89. The van der Waals surface area contributed by atoms with Crippen molar-refractivity contribution in [2.75, 3.05) is 12.3 Å². The molecule has 1 aromatic carbocycles. The smallest absolute Gasteiger partial charge is 0.242 e. The van der Waals surface area contributed by atoms with Gasteiger partial charge in [-0.05, 0) is 31.0 Å². The van der Waals surface area contributed by atoms with Gasteiger partial charge in [0.15, 0.2) is 0 Å². The molecule has 0 aliphatic rings. The molecule has 0 aromatic heterocycles. The molecule has 0 saturated heterocycles. The van der Waals surface area contributed by atoms with E-state index in [1.165, 1.54) is 12.1 Å². The number of aliphatic hydroxyl groups is 1. The van der Waals surface area contributed by atoms with Crippen LogP contribution >= 0.6 is 11.6 Å². The van der Waals surface area contributed by atoms with Crippen LogP contribution in [0.5, 0.6) is 0 Å². The second-order valence-electron chi connectivity index (χ2n) is 4.43. The lowest BCUT2D eigenvalue weighted by Crippen LogP contribution is -2.32. The minimum Gasteiger partial charge on any atom is -0.398 e. The van der Waals surface area contributed by atoms with Gasteiger partial charge in [-0.3, -0.25) is 0 Å². The molecule has 0 bridgehead atoms. The first-order valence-corrected chi connectivity index (χ1v) is 7.87. The van der Waals surface area contributed by atoms with E-state index in [2.05, 4.69) is 4.72 Å². The molecule has 1 atom stereocenters. The van der Waals surface area contributed by atoms with Crippen molar-refractivity contribution in [1.82, 2.24) is 4.72 Å². The summed E-state index contributed by atoms with van der Waals surface area (Å²) in [6, 6.07) is 2.83. The zero-order valence-electron chi connectivity index (χ0n) is 11.0. The molecule has 0 aliphatic heterocycles. The minimum atomic E-state index is -3.77. The molecule has 5 nitrogen and oxygen atoms in total. The predicted octanol–water partition coefficient (Wildman–Crippen LogP) is 1.67. The summed E-state index contributed by atoms with van der Waals surface area (Å²) >= 11 is 5.93. The summed E-state index contributed by atoms with van der Waals surface area (Å²) in [4.78, 5) is -0.0686. The first-order chi connectivity index (χ1) is 8.77. The molecule has 0 saturated carbocycles. The SMILES string of the molecule is CCCC(O)CNS(=O)(=O)c1cc(N)c(C)cc1Cl. The van der Waals surface area contributed by atoms with Crippen LogP contribution in [-0.2, 0) is 10.0 Å². The summed E-state index contributed by atoms with van der Waals surface area (Å²) in [5.74, 6) is 0. The molecule has 0 aliphatic carbocycles. The number of halogens is 1. The van der Waals surface area contributed by atoms with Crippen molar-refractivity contribution in [3.8, 4) is 0 Å². The minimum absolute atomic E-state index is 0.0414. The molecule has 19 heavy (non-hydrogen) atoms. The molecule has 0 amide bonds. The number of sulfonamides is 1. The Morgan fingerprint density at radius 3 is 2.68 bits per heavy atom. The van der Waals surface area contributed by atoms with E-state index in [-0.39, 0.29) is 16.5 Å². The van der Waals surface area contributed by atoms with Crippen molar-refractivity contribution in [2.24, 2.45) is 0 Å². The Kier molecular flexibility index (Phi) is 5.61. The maximum Gasteiger partial charge on any atom is 0.242 e. The zero-order valence-corrected chi connectivity index (χ0v) is 12.6. The van der Waals surface area contributed by atoms with Gasteiger partial charge in [0.25, 0.3) is 0 Å². The van der Waals surface area contributed by atoms with Crippen molar-refractivity contribution in [3.05, 3.63) is 22.7 Å². The average molecular weight is 307 g/mol. The van der Waals surface area contributed by atoms with Crippen LogP contribution in [0, 0.1) is 6.92 Å². The summed E-state index contributed by atoms with van der Waals surface area (Å²) < 4.78 is 26.5. The van der Waals surface area contributed by atoms with Crippen LogP contribution in [0.15, 0.2) is 17.0 Å². The lowest BCUT2D eigenvalue weighted by molar-refractivity contribution is 0.167. The summed E-state index contributed by atoms with van der Waals surface area (Å²) in [6.07, 6.45) is 0.606. The molecule has 0 fully saturated rings. The quantitative estimate of drug-likeness (QED) is 0.697. The van der Waals surface area contributed by atoms with E-state index in [1.54, 1.807) is 6.92 Å². The van der Waals surface area contributed by atoms with Crippen LogP contribution in [0.25, 0.3) is 0 Å². The number of nitrogen functional groups attached to an aromatic ring is 1. The van der Waals surface area contributed by atoms with E-state index in [0.29, 0.717) is 12.1 Å². The largest absolute Gasteiger partial charge is 0.398 e. The van der Waals surface area contributed by atoms with Crippen molar-refractivity contribution in [3.63, 3.8) is 0 Å². The predicted molar refractivity (Wildman–Crippen MR) is 76.7 cm³/mol. The third kappa shape index (κ3) is 4.35. The Morgan fingerprint density at radius 2 is 2.11 bits per heavy atom. The Labute approximate surface area is 118 Å². The van der Waals surface area contributed by atoms with E-state index in [0.717, 1.165) is 12.0 Å². The van der Waals surface area contributed by atoms with Gasteiger partial charge in [-0.25, -0.2) is 13.1 Å². The second kappa shape index (κ2) is 6.56. The monoisotopic (exact) mass is 306 g/mol. The van der Waals surface area contributed by atoms with Gasteiger partial charge in [-0.1, -0.05) is 24.9 Å². The topological polar surface area (TPSA) is 92.4 Å². The summed E-state index contributed by atoms with van der Waals surface area (Å²) in [5, 5.41) is 9.66. The third-order valence-electron chi connectivity index (χ3n) is 2.74. The lowest BCUT2D eigenvalue weighted by atomic mass is 10.2. The number of hydrogen-bond donors (Lipinski definition) is 3. The molecule has 0 radical (unpaired) electrons. The number of nitrogens with two attached hydrogens (primary N) is 1. The van der Waals surface area contributed by atoms with E-state index >= 15 is 0 Å². The first-order valence-electron chi connectivity index (χ1n) is 6.01. The van der Waals surface area contributed by atoms with Gasteiger partial charge in [0, 0.05) is 12.2 Å². The number of benzene rings is 1.